The van der Waals surface area contributed by atoms with Crippen molar-refractivity contribution in [1.29, 1.82) is 0 Å². The molecule has 1 aliphatic carbocycles. The first-order chi connectivity index (χ1) is 22.0. The lowest BCUT2D eigenvalue weighted by molar-refractivity contribution is -0.144. The van der Waals surface area contributed by atoms with Gasteiger partial charge in [-0.25, -0.2) is 4.79 Å². The molecule has 12 heteroatoms. The predicted molar refractivity (Wildman–Crippen MR) is 190 cm³/mol. The van der Waals surface area contributed by atoms with Crippen LogP contribution in [0, 0.1) is 22.7 Å². The highest BCUT2D eigenvalue weighted by molar-refractivity contribution is 7.96. The lowest BCUT2D eigenvalue weighted by Gasteiger charge is -2.43. The number of carbonyl (C=O) groups excluding carboxylic acids is 5. The van der Waals surface area contributed by atoms with E-state index in [2.05, 4.69) is 73.7 Å². The number of hydrogen-bond acceptors (Lipinski definition) is 7. The summed E-state index contributed by atoms with van der Waals surface area (Å²) in [6.45, 7) is 19.0. The van der Waals surface area contributed by atoms with Crippen LogP contribution in [0.1, 0.15) is 99.8 Å². The van der Waals surface area contributed by atoms with Gasteiger partial charge in [0, 0.05) is 25.7 Å². The van der Waals surface area contributed by atoms with E-state index < -0.39 is 47.2 Å². The van der Waals surface area contributed by atoms with Gasteiger partial charge in [-0.1, -0.05) is 92.2 Å². The fourth-order valence-electron chi connectivity index (χ4n) is 6.63. The Hall–Kier alpha value is -2.60. The molecule has 4 unspecified atom stereocenters. The Bertz CT molecular complexity index is 1100. The molecule has 0 spiro atoms. The standard InChI is InChI=1S/C35H62N6O5S/c1-11-16-25(28(42)31(44)36-19-12-2)37-30(43)26-20-24(23(3)4)21-41(26)32(45)29(35(8)17-14-13-15-18-35)39-33(46)38-27(34(5,6)7)22-40(9)47-10/h12,23-27,29H,2,11,13-22H2,1,3-10H3,(H,36,44)(H,37,43)(H2,38,39,46)/t24-,25?,26?,27?,29?/m1/s1. The molecule has 1 heterocycles. The van der Waals surface area contributed by atoms with Gasteiger partial charge < -0.3 is 26.2 Å². The van der Waals surface area contributed by atoms with Crippen LogP contribution in [0.5, 0.6) is 0 Å². The minimum Gasteiger partial charge on any atom is -0.346 e. The zero-order valence-electron chi connectivity index (χ0n) is 30.4. The summed E-state index contributed by atoms with van der Waals surface area (Å²) < 4.78 is 2.07. The second kappa shape index (κ2) is 18.2. The number of nitrogens with zero attached hydrogens (tertiary/aromatic N) is 2. The molecule has 5 amide bonds. The number of rotatable bonds is 16. The van der Waals surface area contributed by atoms with Gasteiger partial charge in [-0.2, -0.15) is 0 Å². The van der Waals surface area contributed by atoms with Crippen LogP contribution in [-0.4, -0.2) is 95.8 Å². The van der Waals surface area contributed by atoms with Gasteiger partial charge in [0.1, 0.15) is 12.1 Å². The van der Waals surface area contributed by atoms with Gasteiger partial charge in [-0.15, -0.1) is 6.58 Å². The van der Waals surface area contributed by atoms with Crippen molar-refractivity contribution in [3.63, 3.8) is 0 Å². The number of urea groups is 1. The van der Waals surface area contributed by atoms with Gasteiger partial charge in [0.25, 0.3) is 5.91 Å². The van der Waals surface area contributed by atoms with Crippen LogP contribution in [0.15, 0.2) is 12.7 Å². The minimum atomic E-state index is -1.00. The number of carbonyl (C=O) groups is 5. The molecule has 5 atom stereocenters. The monoisotopic (exact) mass is 678 g/mol. The minimum absolute atomic E-state index is 0.0620. The Labute approximate surface area is 287 Å². The van der Waals surface area contributed by atoms with E-state index in [1.807, 2.05) is 20.2 Å². The molecular formula is C35H62N6O5S. The quantitative estimate of drug-likeness (QED) is 0.109. The highest BCUT2D eigenvalue weighted by Crippen LogP contribution is 2.41. The van der Waals surface area contributed by atoms with Gasteiger partial charge in [-0.3, -0.25) is 23.5 Å². The molecule has 11 nitrogen and oxygen atoms in total. The predicted octanol–water partition coefficient (Wildman–Crippen LogP) is 4.28. The molecule has 0 bridgehead atoms. The molecular weight excluding hydrogens is 616 g/mol. The maximum absolute atomic E-state index is 14.7. The zero-order valence-corrected chi connectivity index (χ0v) is 31.2. The second-order valence-electron chi connectivity index (χ2n) is 15.1. The molecule has 1 saturated heterocycles. The summed E-state index contributed by atoms with van der Waals surface area (Å²) in [5, 5.41) is 11.6. The SMILES string of the molecule is C=CCNC(=O)C(=O)C(CCC)NC(=O)C1C[C@@H](C(C)C)CN1C(=O)C(NC(=O)NC(CN(C)SC)C(C)(C)C)C1(C)CCCCC1. The van der Waals surface area contributed by atoms with E-state index in [4.69, 9.17) is 0 Å². The van der Waals surface area contributed by atoms with E-state index >= 15 is 0 Å². The molecule has 0 aromatic carbocycles. The fourth-order valence-corrected chi connectivity index (χ4v) is 6.92. The summed E-state index contributed by atoms with van der Waals surface area (Å²) in [7, 11) is 1.98. The van der Waals surface area contributed by atoms with E-state index in [0.29, 0.717) is 32.4 Å². The van der Waals surface area contributed by atoms with Crippen LogP contribution in [-0.2, 0) is 19.2 Å². The van der Waals surface area contributed by atoms with Crippen LogP contribution < -0.4 is 21.3 Å². The smallest absolute Gasteiger partial charge is 0.315 e. The van der Waals surface area contributed by atoms with Crippen molar-refractivity contribution in [1.82, 2.24) is 30.5 Å². The topological polar surface area (TPSA) is 140 Å². The summed E-state index contributed by atoms with van der Waals surface area (Å²) in [4.78, 5) is 69.5. The Kier molecular flexibility index (Phi) is 15.7. The van der Waals surface area contributed by atoms with Crippen molar-refractivity contribution in [3.8, 4) is 0 Å². The van der Waals surface area contributed by atoms with Crippen LogP contribution in [0.2, 0.25) is 0 Å². The van der Waals surface area contributed by atoms with Crippen LogP contribution in [0.25, 0.3) is 0 Å². The van der Waals surface area contributed by atoms with Gasteiger partial charge in [0.15, 0.2) is 0 Å². The van der Waals surface area contributed by atoms with Gasteiger partial charge >= 0.3 is 6.03 Å². The lowest BCUT2D eigenvalue weighted by Crippen LogP contribution is -2.62. The molecule has 1 aliphatic heterocycles. The molecule has 2 aliphatic rings. The van der Waals surface area contributed by atoms with Crippen molar-refractivity contribution in [2.24, 2.45) is 22.7 Å². The van der Waals surface area contributed by atoms with Crippen molar-refractivity contribution in [3.05, 3.63) is 12.7 Å². The summed E-state index contributed by atoms with van der Waals surface area (Å²) in [5.74, 6) is -1.95. The van der Waals surface area contributed by atoms with Crippen molar-refractivity contribution in [2.75, 3.05) is 32.9 Å². The largest absolute Gasteiger partial charge is 0.346 e. The highest BCUT2D eigenvalue weighted by atomic mass is 32.2. The average Bonchev–Trinajstić information content (AvgIpc) is 3.47. The third-order valence-electron chi connectivity index (χ3n) is 10.0. The molecule has 2 rings (SSSR count). The maximum atomic E-state index is 14.7. The molecule has 0 radical (unpaired) electrons. The fraction of sp³-hybridized carbons (Fsp3) is 0.800. The first-order valence-electron chi connectivity index (χ1n) is 17.3. The zero-order chi connectivity index (χ0) is 35.5. The van der Waals surface area contributed by atoms with E-state index in [1.165, 1.54) is 6.08 Å². The van der Waals surface area contributed by atoms with Crippen LogP contribution >= 0.6 is 11.9 Å². The maximum Gasteiger partial charge on any atom is 0.315 e. The highest BCUT2D eigenvalue weighted by Gasteiger charge is 2.49. The summed E-state index contributed by atoms with van der Waals surface area (Å²) in [5.41, 5.74) is -0.714. The van der Waals surface area contributed by atoms with Gasteiger partial charge in [-0.05, 0) is 61.7 Å². The number of hydrogen-bond donors (Lipinski definition) is 4. The molecule has 47 heavy (non-hydrogen) atoms. The van der Waals surface area contributed by atoms with Crippen molar-refractivity contribution in [2.45, 2.75) is 124 Å². The third kappa shape index (κ3) is 11.5. The number of ketones is 1. The summed E-state index contributed by atoms with van der Waals surface area (Å²) in [6.07, 6.45) is 9.35. The van der Waals surface area contributed by atoms with E-state index in [9.17, 15) is 24.0 Å². The van der Waals surface area contributed by atoms with E-state index in [-0.39, 0.29) is 35.7 Å². The number of likely N-dealkylation sites (tertiary alicyclic amines) is 1. The second-order valence-corrected chi connectivity index (χ2v) is 16.1. The van der Waals surface area contributed by atoms with Gasteiger partial charge in [0.05, 0.1) is 6.04 Å². The van der Waals surface area contributed by atoms with Gasteiger partial charge in [0.2, 0.25) is 17.6 Å². The molecule has 1 saturated carbocycles. The summed E-state index contributed by atoms with van der Waals surface area (Å²) in [6, 6.07) is -3.24. The Balaban J connectivity index is 2.41. The summed E-state index contributed by atoms with van der Waals surface area (Å²) >= 11 is 1.59. The molecule has 0 aromatic rings. The third-order valence-corrected chi connectivity index (χ3v) is 10.8. The Morgan fingerprint density at radius 3 is 2.23 bits per heavy atom. The number of amides is 5. The number of likely N-dealkylation sites (N-methyl/N-ethyl adjacent to an activating group) is 1. The normalized spacial score (nSPS) is 21.5. The van der Waals surface area contributed by atoms with E-state index in [1.54, 1.807) is 16.8 Å². The molecule has 4 N–H and O–H groups in total. The molecule has 2 fully saturated rings. The number of nitrogens with one attached hydrogen (secondary N) is 4. The Morgan fingerprint density at radius 1 is 1.06 bits per heavy atom. The Morgan fingerprint density at radius 2 is 1.70 bits per heavy atom. The van der Waals surface area contributed by atoms with Crippen molar-refractivity contribution < 1.29 is 24.0 Å². The molecule has 268 valence electrons. The first kappa shape index (κ1) is 40.6. The van der Waals surface area contributed by atoms with Crippen molar-refractivity contribution >= 4 is 41.5 Å². The lowest BCUT2D eigenvalue weighted by atomic mass is 9.70. The number of Topliss-reactive ketones (excluding diaryl/α,β-unsaturated/α-hetero) is 1. The van der Waals surface area contributed by atoms with Crippen LogP contribution in [0.3, 0.4) is 0 Å². The van der Waals surface area contributed by atoms with E-state index in [0.717, 1.165) is 32.1 Å². The van der Waals surface area contributed by atoms with Crippen LogP contribution in [0.4, 0.5) is 4.79 Å². The molecule has 0 aromatic heterocycles. The first-order valence-corrected chi connectivity index (χ1v) is 18.5. The average molecular weight is 679 g/mol.